The van der Waals surface area contributed by atoms with Crippen LogP contribution in [-0.4, -0.2) is 16.9 Å². The lowest BCUT2D eigenvalue weighted by molar-refractivity contribution is 0.414. The van der Waals surface area contributed by atoms with E-state index in [1.807, 2.05) is 24.3 Å². The molecule has 0 atom stereocenters. The molecule has 1 aromatic carbocycles. The largest absolute Gasteiger partial charge is 0.497 e. The molecule has 1 aromatic heterocycles. The Morgan fingerprint density at radius 2 is 2.31 bits per heavy atom. The summed E-state index contributed by atoms with van der Waals surface area (Å²) in [7, 11) is 1.62. The first kappa shape index (κ1) is 11.0. The van der Waals surface area contributed by atoms with E-state index in [-0.39, 0.29) is 0 Å². The summed E-state index contributed by atoms with van der Waals surface area (Å²) in [4.78, 5) is 0. The van der Waals surface area contributed by atoms with Crippen LogP contribution in [0.5, 0.6) is 5.75 Å². The molecule has 0 bridgehead atoms. The fraction of sp³-hybridized carbons (Fsp3) is 0.182. The van der Waals surface area contributed by atoms with Crippen molar-refractivity contribution in [3.63, 3.8) is 0 Å². The molecule has 2 aromatic rings. The lowest BCUT2D eigenvalue weighted by Gasteiger charge is -2.05. The number of nitrogens with zero attached hydrogens (tertiary/aromatic N) is 2. The van der Waals surface area contributed by atoms with Crippen molar-refractivity contribution in [2.24, 2.45) is 5.73 Å². The van der Waals surface area contributed by atoms with Crippen molar-refractivity contribution >= 4 is 11.6 Å². The van der Waals surface area contributed by atoms with E-state index in [0.29, 0.717) is 11.7 Å². The Bertz CT molecular complexity index is 496. The lowest BCUT2D eigenvalue weighted by atomic mass is 10.3. The number of ether oxygens (including phenoxy) is 1. The second-order valence-corrected chi connectivity index (χ2v) is 3.64. The van der Waals surface area contributed by atoms with Crippen LogP contribution in [0.25, 0.3) is 5.69 Å². The quantitative estimate of drug-likeness (QED) is 0.888. The van der Waals surface area contributed by atoms with Gasteiger partial charge in [-0.1, -0.05) is 17.7 Å². The molecule has 16 heavy (non-hydrogen) atoms. The van der Waals surface area contributed by atoms with E-state index in [2.05, 4.69) is 5.10 Å². The summed E-state index contributed by atoms with van der Waals surface area (Å²) in [6.45, 7) is 0.378. The van der Waals surface area contributed by atoms with Gasteiger partial charge in [0.05, 0.1) is 19.0 Å². The normalized spacial score (nSPS) is 10.4. The molecule has 0 amide bonds. The zero-order chi connectivity index (χ0) is 11.5. The summed E-state index contributed by atoms with van der Waals surface area (Å²) in [5, 5.41) is 4.72. The lowest BCUT2D eigenvalue weighted by Crippen LogP contribution is -1.99. The Hall–Kier alpha value is -1.52. The molecule has 5 heteroatoms. The van der Waals surface area contributed by atoms with E-state index in [1.165, 1.54) is 0 Å². The van der Waals surface area contributed by atoms with E-state index >= 15 is 0 Å². The monoisotopic (exact) mass is 237 g/mol. The van der Waals surface area contributed by atoms with Gasteiger partial charge in [-0.25, -0.2) is 4.68 Å². The van der Waals surface area contributed by atoms with Crippen molar-refractivity contribution in [3.8, 4) is 11.4 Å². The minimum atomic E-state index is 0.378. The van der Waals surface area contributed by atoms with Gasteiger partial charge in [0.2, 0.25) is 0 Å². The minimum absolute atomic E-state index is 0.378. The van der Waals surface area contributed by atoms with Crippen molar-refractivity contribution < 1.29 is 4.74 Å². The Balaban J connectivity index is 2.45. The van der Waals surface area contributed by atoms with Crippen LogP contribution in [0.3, 0.4) is 0 Å². The van der Waals surface area contributed by atoms with Crippen molar-refractivity contribution in [1.82, 2.24) is 9.78 Å². The molecule has 0 spiro atoms. The zero-order valence-electron chi connectivity index (χ0n) is 8.85. The Kier molecular flexibility index (Phi) is 3.12. The third-order valence-corrected chi connectivity index (χ3v) is 2.70. The average molecular weight is 238 g/mol. The van der Waals surface area contributed by atoms with Gasteiger partial charge in [-0.15, -0.1) is 0 Å². The third kappa shape index (κ3) is 1.89. The number of nitrogens with two attached hydrogens (primary N) is 1. The topological polar surface area (TPSA) is 53.1 Å². The van der Waals surface area contributed by atoms with Gasteiger partial charge in [0.25, 0.3) is 0 Å². The third-order valence-electron chi connectivity index (χ3n) is 2.30. The van der Waals surface area contributed by atoms with Gasteiger partial charge in [0, 0.05) is 18.2 Å². The first-order valence-electron chi connectivity index (χ1n) is 4.83. The van der Waals surface area contributed by atoms with Gasteiger partial charge in [0.15, 0.2) is 0 Å². The van der Waals surface area contributed by atoms with Crippen LogP contribution in [0.2, 0.25) is 5.15 Å². The first-order chi connectivity index (χ1) is 7.76. The van der Waals surface area contributed by atoms with Crippen LogP contribution < -0.4 is 10.5 Å². The fourth-order valence-electron chi connectivity index (χ4n) is 1.43. The number of rotatable bonds is 3. The number of methoxy groups -OCH3 is 1. The highest BCUT2D eigenvalue weighted by molar-refractivity contribution is 6.30. The molecule has 2 N–H and O–H groups in total. The average Bonchev–Trinajstić information content (AvgIpc) is 2.70. The number of aromatic nitrogens is 2. The van der Waals surface area contributed by atoms with Crippen molar-refractivity contribution in [2.75, 3.05) is 7.11 Å². The molecule has 1 heterocycles. The zero-order valence-corrected chi connectivity index (χ0v) is 9.61. The highest BCUT2D eigenvalue weighted by Gasteiger charge is 2.08. The van der Waals surface area contributed by atoms with Crippen molar-refractivity contribution in [3.05, 3.63) is 41.2 Å². The molecule has 4 nitrogen and oxygen atoms in total. The first-order valence-corrected chi connectivity index (χ1v) is 5.21. The van der Waals surface area contributed by atoms with Crippen LogP contribution in [-0.2, 0) is 6.54 Å². The molecule has 0 fully saturated rings. The molecular weight excluding hydrogens is 226 g/mol. The SMILES string of the molecule is COc1cccc(-n2ncc(CN)c2Cl)c1. The van der Waals surface area contributed by atoms with E-state index < -0.39 is 0 Å². The standard InChI is InChI=1S/C11H12ClN3O/c1-16-10-4-2-3-9(5-10)15-11(12)8(6-13)7-14-15/h2-5,7H,6,13H2,1H3. The molecule has 84 valence electrons. The van der Waals surface area contributed by atoms with Crippen molar-refractivity contribution in [1.29, 1.82) is 0 Å². The molecule has 0 unspecified atom stereocenters. The molecular formula is C11H12ClN3O. The number of halogens is 1. The molecule has 0 aliphatic heterocycles. The van der Waals surface area contributed by atoms with Crippen LogP contribution in [0.15, 0.2) is 30.5 Å². The van der Waals surface area contributed by atoms with E-state index in [0.717, 1.165) is 17.0 Å². The fourth-order valence-corrected chi connectivity index (χ4v) is 1.69. The van der Waals surface area contributed by atoms with Crippen LogP contribution in [0.1, 0.15) is 5.56 Å². The second kappa shape index (κ2) is 4.55. The van der Waals surface area contributed by atoms with E-state index in [1.54, 1.807) is 18.0 Å². The highest BCUT2D eigenvalue weighted by atomic mass is 35.5. The van der Waals surface area contributed by atoms with Gasteiger partial charge in [-0.2, -0.15) is 5.10 Å². The van der Waals surface area contributed by atoms with Gasteiger partial charge >= 0.3 is 0 Å². The van der Waals surface area contributed by atoms with Crippen LogP contribution >= 0.6 is 11.6 Å². The molecule has 0 saturated carbocycles. The predicted octanol–water partition coefficient (Wildman–Crippen LogP) is 1.99. The van der Waals surface area contributed by atoms with Crippen molar-refractivity contribution in [2.45, 2.75) is 6.54 Å². The number of hydrogen-bond donors (Lipinski definition) is 1. The molecule has 0 saturated heterocycles. The summed E-state index contributed by atoms with van der Waals surface area (Å²) >= 11 is 6.13. The molecule has 0 aliphatic rings. The molecule has 0 radical (unpaired) electrons. The van der Waals surface area contributed by atoms with Gasteiger partial charge < -0.3 is 10.5 Å². The number of benzene rings is 1. The van der Waals surface area contributed by atoms with Gasteiger partial charge in [-0.05, 0) is 12.1 Å². The van der Waals surface area contributed by atoms with Crippen LogP contribution in [0, 0.1) is 0 Å². The smallest absolute Gasteiger partial charge is 0.137 e. The molecule has 0 aliphatic carbocycles. The van der Waals surface area contributed by atoms with Gasteiger partial charge in [-0.3, -0.25) is 0 Å². The molecule has 2 rings (SSSR count). The number of hydrogen-bond acceptors (Lipinski definition) is 3. The van der Waals surface area contributed by atoms with Gasteiger partial charge in [0.1, 0.15) is 10.9 Å². The predicted molar refractivity (Wildman–Crippen MR) is 63.0 cm³/mol. The minimum Gasteiger partial charge on any atom is -0.497 e. The Morgan fingerprint density at radius 3 is 2.94 bits per heavy atom. The Labute approximate surface area is 98.6 Å². The summed E-state index contributed by atoms with van der Waals surface area (Å²) in [5.41, 5.74) is 7.21. The van der Waals surface area contributed by atoms with Crippen LogP contribution in [0.4, 0.5) is 0 Å². The van der Waals surface area contributed by atoms with E-state index in [4.69, 9.17) is 22.1 Å². The maximum atomic E-state index is 6.13. The Morgan fingerprint density at radius 1 is 1.50 bits per heavy atom. The summed E-state index contributed by atoms with van der Waals surface area (Å²) in [5.74, 6) is 0.762. The van der Waals surface area contributed by atoms with E-state index in [9.17, 15) is 0 Å². The summed E-state index contributed by atoms with van der Waals surface area (Å²) < 4.78 is 6.77. The second-order valence-electron chi connectivity index (χ2n) is 3.28. The summed E-state index contributed by atoms with van der Waals surface area (Å²) in [6.07, 6.45) is 1.67. The maximum absolute atomic E-state index is 6.13. The summed E-state index contributed by atoms with van der Waals surface area (Å²) in [6, 6.07) is 7.51. The maximum Gasteiger partial charge on any atom is 0.137 e. The highest BCUT2D eigenvalue weighted by Crippen LogP contribution is 2.22.